The van der Waals surface area contributed by atoms with Crippen molar-refractivity contribution >= 4 is 11.9 Å². The van der Waals surface area contributed by atoms with Crippen LogP contribution in [0.5, 0.6) is 0 Å². The Hall–Kier alpha value is -1.96. The lowest BCUT2D eigenvalue weighted by atomic mass is 10.1. The van der Waals surface area contributed by atoms with E-state index >= 15 is 0 Å². The van der Waals surface area contributed by atoms with Gasteiger partial charge < -0.3 is 10.0 Å². The number of aliphatic carboxylic acids is 1. The molecule has 2 rings (SSSR count). The van der Waals surface area contributed by atoms with Gasteiger partial charge in [0.25, 0.3) is 5.91 Å². The topological polar surface area (TPSA) is 91.6 Å². The van der Waals surface area contributed by atoms with Gasteiger partial charge in [0.05, 0.1) is 6.20 Å². The Morgan fingerprint density at radius 3 is 2.50 bits per heavy atom. The van der Waals surface area contributed by atoms with Gasteiger partial charge in [0.1, 0.15) is 6.54 Å². The minimum absolute atomic E-state index is 0.190. The number of aromatic nitrogens is 3. The van der Waals surface area contributed by atoms with Gasteiger partial charge in [-0.05, 0) is 20.9 Å². The zero-order valence-electron chi connectivity index (χ0n) is 11.9. The van der Waals surface area contributed by atoms with Gasteiger partial charge in [-0.3, -0.25) is 14.5 Å². The first kappa shape index (κ1) is 14.4. The summed E-state index contributed by atoms with van der Waals surface area (Å²) in [5.74, 6) is -1.22. The fourth-order valence-corrected chi connectivity index (χ4v) is 2.34. The summed E-state index contributed by atoms with van der Waals surface area (Å²) in [7, 11) is 2.04. The van der Waals surface area contributed by atoms with Crippen LogP contribution in [-0.4, -0.2) is 74.0 Å². The second-order valence-corrected chi connectivity index (χ2v) is 5.27. The average molecular weight is 281 g/mol. The monoisotopic (exact) mass is 281 g/mol. The molecule has 1 aromatic rings. The smallest absolute Gasteiger partial charge is 0.325 e. The van der Waals surface area contributed by atoms with Gasteiger partial charge in [-0.15, -0.1) is 5.10 Å². The van der Waals surface area contributed by atoms with Crippen LogP contribution in [0, 0.1) is 0 Å². The summed E-state index contributed by atoms with van der Waals surface area (Å²) in [5, 5.41) is 16.1. The Bertz CT molecular complexity index is 503. The molecule has 0 bridgehead atoms. The summed E-state index contributed by atoms with van der Waals surface area (Å²) < 4.78 is 1.15. The summed E-state index contributed by atoms with van der Waals surface area (Å²) in [6, 6.07) is 0.550. The Morgan fingerprint density at radius 2 is 1.95 bits per heavy atom. The lowest BCUT2D eigenvalue weighted by Crippen LogP contribution is -2.56. The fourth-order valence-electron chi connectivity index (χ4n) is 2.34. The fraction of sp³-hybridized carbons (Fsp3) is 0.667. The highest BCUT2D eigenvalue weighted by Gasteiger charge is 2.30. The highest BCUT2D eigenvalue weighted by Crippen LogP contribution is 2.15. The van der Waals surface area contributed by atoms with E-state index in [2.05, 4.69) is 29.1 Å². The van der Waals surface area contributed by atoms with Gasteiger partial charge in [-0.1, -0.05) is 5.21 Å². The molecule has 1 aromatic heterocycles. The molecule has 2 unspecified atom stereocenters. The van der Waals surface area contributed by atoms with E-state index in [9.17, 15) is 9.59 Å². The molecule has 0 aliphatic carbocycles. The molecule has 1 N–H and O–H groups in total. The van der Waals surface area contributed by atoms with Crippen LogP contribution in [-0.2, 0) is 11.3 Å². The quantitative estimate of drug-likeness (QED) is 0.805. The number of rotatable bonds is 3. The Labute approximate surface area is 117 Å². The van der Waals surface area contributed by atoms with Crippen LogP contribution in [0.25, 0.3) is 0 Å². The largest absolute Gasteiger partial charge is 0.480 e. The molecule has 1 saturated heterocycles. The van der Waals surface area contributed by atoms with Crippen molar-refractivity contribution in [3.05, 3.63) is 11.9 Å². The summed E-state index contributed by atoms with van der Waals surface area (Å²) in [6.07, 6.45) is 1.38. The molecule has 2 atom stereocenters. The van der Waals surface area contributed by atoms with Crippen LogP contribution < -0.4 is 0 Å². The minimum Gasteiger partial charge on any atom is -0.480 e. The zero-order chi connectivity index (χ0) is 14.9. The Morgan fingerprint density at radius 1 is 1.35 bits per heavy atom. The minimum atomic E-state index is -1.02. The molecule has 20 heavy (non-hydrogen) atoms. The van der Waals surface area contributed by atoms with Crippen LogP contribution in [0.3, 0.4) is 0 Å². The molecular weight excluding hydrogens is 262 g/mol. The zero-order valence-corrected chi connectivity index (χ0v) is 11.9. The van der Waals surface area contributed by atoms with Crippen LogP contribution in [0.4, 0.5) is 0 Å². The van der Waals surface area contributed by atoms with Crippen molar-refractivity contribution in [1.82, 2.24) is 24.8 Å². The molecule has 0 saturated carbocycles. The second-order valence-electron chi connectivity index (χ2n) is 5.27. The standard InChI is InChI=1S/C12H19N5O3/c1-8-4-16(5-9(2)15(8)3)12(20)10-6-17(14-13-10)7-11(18)19/h6,8-9H,4-5,7H2,1-3H3,(H,18,19). The number of piperazine rings is 1. The first-order chi connectivity index (χ1) is 9.38. The number of hydrogen-bond acceptors (Lipinski definition) is 5. The Kier molecular flexibility index (Phi) is 4.03. The van der Waals surface area contributed by atoms with E-state index in [0.717, 1.165) is 4.68 Å². The molecule has 0 spiro atoms. The van der Waals surface area contributed by atoms with Crippen molar-refractivity contribution in [1.29, 1.82) is 0 Å². The summed E-state index contributed by atoms with van der Waals surface area (Å²) >= 11 is 0. The van der Waals surface area contributed by atoms with E-state index in [1.807, 2.05) is 7.05 Å². The first-order valence-corrected chi connectivity index (χ1v) is 6.51. The number of carboxylic acid groups (broad SMARTS) is 1. The maximum Gasteiger partial charge on any atom is 0.325 e. The van der Waals surface area contributed by atoms with Gasteiger partial charge >= 0.3 is 5.97 Å². The molecule has 8 heteroatoms. The molecule has 1 aliphatic heterocycles. The normalized spacial score (nSPS) is 23.9. The lowest BCUT2D eigenvalue weighted by molar-refractivity contribution is -0.137. The summed E-state index contributed by atoms with van der Waals surface area (Å²) in [6.45, 7) is 5.10. The first-order valence-electron chi connectivity index (χ1n) is 6.51. The highest BCUT2D eigenvalue weighted by molar-refractivity contribution is 5.92. The SMILES string of the molecule is CC1CN(C(=O)c2cn(CC(=O)O)nn2)CC(C)N1C. The maximum absolute atomic E-state index is 12.3. The molecule has 1 fully saturated rings. The van der Waals surface area contributed by atoms with E-state index < -0.39 is 5.97 Å². The number of hydrogen-bond donors (Lipinski definition) is 1. The molecule has 0 aromatic carbocycles. The van der Waals surface area contributed by atoms with Crippen molar-refractivity contribution in [3.8, 4) is 0 Å². The van der Waals surface area contributed by atoms with Crippen LogP contribution >= 0.6 is 0 Å². The molecule has 0 radical (unpaired) electrons. The molecular formula is C12H19N5O3. The molecule has 2 heterocycles. The molecule has 1 aliphatic rings. The van der Waals surface area contributed by atoms with Crippen molar-refractivity contribution in [2.75, 3.05) is 20.1 Å². The Balaban J connectivity index is 2.07. The number of likely N-dealkylation sites (N-methyl/N-ethyl adjacent to an activating group) is 1. The maximum atomic E-state index is 12.3. The van der Waals surface area contributed by atoms with Gasteiger partial charge in [0.2, 0.25) is 0 Å². The van der Waals surface area contributed by atoms with Crippen LogP contribution in [0.15, 0.2) is 6.20 Å². The van der Waals surface area contributed by atoms with Crippen LogP contribution in [0.2, 0.25) is 0 Å². The van der Waals surface area contributed by atoms with E-state index in [1.165, 1.54) is 6.20 Å². The van der Waals surface area contributed by atoms with Gasteiger partial charge in [-0.25, -0.2) is 4.68 Å². The predicted octanol–water partition coefficient (Wildman–Crippen LogP) is -0.473. The number of nitrogens with zero attached hydrogens (tertiary/aromatic N) is 5. The van der Waals surface area contributed by atoms with E-state index in [0.29, 0.717) is 13.1 Å². The van der Waals surface area contributed by atoms with Crippen molar-refractivity contribution < 1.29 is 14.7 Å². The molecule has 1 amide bonds. The molecule has 8 nitrogen and oxygen atoms in total. The third kappa shape index (κ3) is 2.96. The lowest BCUT2D eigenvalue weighted by Gasteiger charge is -2.42. The van der Waals surface area contributed by atoms with Crippen molar-refractivity contribution in [2.45, 2.75) is 32.5 Å². The highest BCUT2D eigenvalue weighted by atomic mass is 16.4. The molecule has 110 valence electrons. The van der Waals surface area contributed by atoms with E-state index in [-0.39, 0.29) is 30.2 Å². The van der Waals surface area contributed by atoms with Crippen LogP contribution in [0.1, 0.15) is 24.3 Å². The third-order valence-electron chi connectivity index (χ3n) is 3.70. The van der Waals surface area contributed by atoms with Crippen molar-refractivity contribution in [2.24, 2.45) is 0 Å². The average Bonchev–Trinajstić information content (AvgIpc) is 2.82. The summed E-state index contributed by atoms with van der Waals surface area (Å²) in [4.78, 5) is 26.9. The van der Waals surface area contributed by atoms with E-state index in [1.54, 1.807) is 4.90 Å². The third-order valence-corrected chi connectivity index (χ3v) is 3.70. The van der Waals surface area contributed by atoms with Gasteiger partial charge in [0.15, 0.2) is 5.69 Å². The van der Waals surface area contributed by atoms with Gasteiger partial charge in [-0.2, -0.15) is 0 Å². The summed E-state index contributed by atoms with van der Waals surface area (Å²) in [5.41, 5.74) is 0.190. The number of amides is 1. The number of carboxylic acids is 1. The van der Waals surface area contributed by atoms with Crippen molar-refractivity contribution in [3.63, 3.8) is 0 Å². The predicted molar refractivity (Wildman–Crippen MR) is 70.2 cm³/mol. The number of carbonyl (C=O) groups excluding carboxylic acids is 1. The number of carbonyl (C=O) groups is 2. The van der Waals surface area contributed by atoms with Gasteiger partial charge in [0, 0.05) is 25.2 Å². The second kappa shape index (κ2) is 5.58. The van der Waals surface area contributed by atoms with E-state index in [4.69, 9.17) is 5.11 Å².